The SMILES string of the molecule is COc1c(N2CC(OC)(C(F)(F)F)CC2C(=O)Nc2ccnc(SN)c2)cc(O)c(F)c1F. The summed E-state index contributed by atoms with van der Waals surface area (Å²) >= 11 is 0.793. The number of anilines is 2. The summed E-state index contributed by atoms with van der Waals surface area (Å²) in [7, 11) is 1.80. The normalized spacial score (nSPS) is 20.7. The summed E-state index contributed by atoms with van der Waals surface area (Å²) in [6, 6.07) is 1.93. The molecule has 1 fully saturated rings. The fraction of sp³-hybridized carbons (Fsp3) is 0.368. The Kier molecular flexibility index (Phi) is 6.91. The lowest BCUT2D eigenvalue weighted by molar-refractivity contribution is -0.261. The van der Waals surface area contributed by atoms with Crippen LogP contribution in [-0.2, 0) is 9.53 Å². The Bertz CT molecular complexity index is 1060. The van der Waals surface area contributed by atoms with Gasteiger partial charge in [0.25, 0.3) is 0 Å². The minimum atomic E-state index is -4.91. The Labute approximate surface area is 189 Å². The number of nitrogens with zero attached hydrogens (tertiary/aromatic N) is 2. The van der Waals surface area contributed by atoms with Gasteiger partial charge in [0.2, 0.25) is 17.5 Å². The molecule has 3 rings (SSSR count). The molecule has 0 aliphatic carbocycles. The zero-order valence-corrected chi connectivity index (χ0v) is 18.1. The van der Waals surface area contributed by atoms with Gasteiger partial charge in [0, 0.05) is 31.5 Å². The van der Waals surface area contributed by atoms with Crippen molar-refractivity contribution in [3.8, 4) is 11.5 Å². The Morgan fingerprint density at radius 1 is 1.33 bits per heavy atom. The van der Waals surface area contributed by atoms with E-state index >= 15 is 0 Å². The first-order valence-electron chi connectivity index (χ1n) is 9.25. The maximum atomic E-state index is 14.4. The van der Waals surface area contributed by atoms with Crippen molar-refractivity contribution in [1.29, 1.82) is 0 Å². The van der Waals surface area contributed by atoms with Crippen LogP contribution in [0, 0.1) is 11.6 Å². The number of amides is 1. The van der Waals surface area contributed by atoms with Gasteiger partial charge in [-0.3, -0.25) is 9.93 Å². The second-order valence-corrected chi connectivity index (χ2v) is 7.76. The number of hydrogen-bond donors (Lipinski definition) is 3. The van der Waals surface area contributed by atoms with Crippen molar-refractivity contribution in [1.82, 2.24) is 4.98 Å². The maximum Gasteiger partial charge on any atom is 0.419 e. The Morgan fingerprint density at radius 2 is 2.03 bits per heavy atom. The number of carbonyl (C=O) groups is 1. The number of aromatic hydroxyl groups is 1. The molecule has 1 saturated heterocycles. The predicted octanol–water partition coefficient (Wildman–Crippen LogP) is 3.20. The lowest BCUT2D eigenvalue weighted by Gasteiger charge is -2.31. The van der Waals surface area contributed by atoms with E-state index in [4.69, 9.17) is 14.6 Å². The molecule has 1 aliphatic heterocycles. The van der Waals surface area contributed by atoms with E-state index in [1.165, 1.54) is 18.3 Å². The second kappa shape index (κ2) is 9.19. The van der Waals surface area contributed by atoms with Gasteiger partial charge in [-0.1, -0.05) is 0 Å². The van der Waals surface area contributed by atoms with E-state index in [0.717, 1.165) is 31.1 Å². The summed E-state index contributed by atoms with van der Waals surface area (Å²) in [5.41, 5.74) is -3.06. The molecule has 0 saturated carbocycles. The number of rotatable bonds is 6. The molecule has 2 atom stereocenters. The number of aromatic nitrogens is 1. The molecule has 180 valence electrons. The summed E-state index contributed by atoms with van der Waals surface area (Å²) < 4.78 is 79.7. The molecule has 0 spiro atoms. The summed E-state index contributed by atoms with van der Waals surface area (Å²) in [5, 5.41) is 18.0. The fourth-order valence-corrected chi connectivity index (χ4v) is 3.91. The molecule has 4 N–H and O–H groups in total. The number of hydrogen-bond acceptors (Lipinski definition) is 8. The Balaban J connectivity index is 2.08. The quantitative estimate of drug-likeness (QED) is 0.415. The van der Waals surface area contributed by atoms with Crippen LogP contribution in [0.25, 0.3) is 0 Å². The van der Waals surface area contributed by atoms with E-state index in [0.29, 0.717) is 11.1 Å². The zero-order valence-electron chi connectivity index (χ0n) is 17.2. The van der Waals surface area contributed by atoms with Crippen molar-refractivity contribution in [2.24, 2.45) is 5.14 Å². The molecule has 1 aromatic heterocycles. The molecule has 2 heterocycles. The number of halogens is 5. The lowest BCUT2D eigenvalue weighted by Crippen LogP contribution is -2.49. The summed E-state index contributed by atoms with van der Waals surface area (Å²) in [6.07, 6.45) is -4.45. The second-order valence-electron chi connectivity index (χ2n) is 7.11. The molecule has 1 amide bonds. The summed E-state index contributed by atoms with van der Waals surface area (Å²) in [4.78, 5) is 17.8. The highest BCUT2D eigenvalue weighted by molar-refractivity contribution is 7.97. The lowest BCUT2D eigenvalue weighted by atomic mass is 9.99. The van der Waals surface area contributed by atoms with Crippen LogP contribution in [0.4, 0.5) is 33.3 Å². The molecular weight excluding hydrogens is 475 g/mol. The van der Waals surface area contributed by atoms with Crippen LogP contribution >= 0.6 is 11.9 Å². The van der Waals surface area contributed by atoms with Crippen LogP contribution in [0.5, 0.6) is 11.5 Å². The number of alkyl halides is 3. The number of pyridine rings is 1. The van der Waals surface area contributed by atoms with Gasteiger partial charge < -0.3 is 24.8 Å². The number of ether oxygens (including phenoxy) is 2. The van der Waals surface area contributed by atoms with E-state index in [-0.39, 0.29) is 5.69 Å². The monoisotopic (exact) mass is 494 g/mol. The van der Waals surface area contributed by atoms with Crippen molar-refractivity contribution >= 4 is 29.2 Å². The van der Waals surface area contributed by atoms with Gasteiger partial charge in [0.05, 0.1) is 19.3 Å². The molecule has 14 heteroatoms. The number of phenols is 1. The van der Waals surface area contributed by atoms with E-state index in [1.807, 2.05) is 0 Å². The van der Waals surface area contributed by atoms with E-state index in [1.54, 1.807) is 0 Å². The van der Waals surface area contributed by atoms with Crippen molar-refractivity contribution in [2.75, 3.05) is 31.0 Å². The molecule has 2 unspecified atom stereocenters. The van der Waals surface area contributed by atoms with Crippen LogP contribution in [0.1, 0.15) is 6.42 Å². The molecule has 1 aromatic carbocycles. The van der Waals surface area contributed by atoms with Crippen LogP contribution in [0.15, 0.2) is 29.4 Å². The molecule has 0 bridgehead atoms. The van der Waals surface area contributed by atoms with E-state index in [2.05, 4.69) is 10.3 Å². The molecular formula is C19H19F5N4O4S. The molecule has 0 radical (unpaired) electrons. The number of methoxy groups -OCH3 is 2. The highest BCUT2D eigenvalue weighted by atomic mass is 32.2. The standard InChI is InChI=1S/C19H19F5N4O4S/c1-31-16-10(6-12(29)14(20)15(16)21)28-8-18(32-2,19(22,23)24)7-11(28)17(30)27-9-3-4-26-13(5-9)33-25/h3-6,11,29H,7-8,25H2,1-2H3,(H,26,27,30). The highest BCUT2D eigenvalue weighted by Gasteiger charge is 2.63. The van der Waals surface area contributed by atoms with Crippen LogP contribution in [-0.4, -0.2) is 54.6 Å². The Hall–Kier alpha value is -2.84. The van der Waals surface area contributed by atoms with Crippen LogP contribution < -0.4 is 20.1 Å². The van der Waals surface area contributed by atoms with Gasteiger partial charge in [-0.2, -0.15) is 22.0 Å². The predicted molar refractivity (Wildman–Crippen MR) is 109 cm³/mol. The zero-order chi connectivity index (χ0) is 24.6. The van der Waals surface area contributed by atoms with Gasteiger partial charge in [-0.05, 0) is 24.1 Å². The largest absolute Gasteiger partial charge is 0.505 e. The first-order chi connectivity index (χ1) is 15.5. The van der Waals surface area contributed by atoms with Gasteiger partial charge in [-0.15, -0.1) is 0 Å². The average molecular weight is 494 g/mol. The average Bonchev–Trinajstić information content (AvgIpc) is 3.19. The molecule has 33 heavy (non-hydrogen) atoms. The third kappa shape index (κ3) is 4.50. The fourth-order valence-electron chi connectivity index (χ4n) is 3.60. The number of nitrogens with two attached hydrogens (primary N) is 1. The highest BCUT2D eigenvalue weighted by Crippen LogP contribution is 2.48. The first-order valence-corrected chi connectivity index (χ1v) is 10.1. The molecule has 1 aliphatic rings. The summed E-state index contributed by atoms with van der Waals surface area (Å²) in [6.45, 7) is -0.952. The maximum absolute atomic E-state index is 14.4. The minimum absolute atomic E-state index is 0.199. The van der Waals surface area contributed by atoms with Crippen LogP contribution in [0.3, 0.4) is 0 Å². The summed E-state index contributed by atoms with van der Waals surface area (Å²) in [5.74, 6) is -6.10. The molecule has 8 nitrogen and oxygen atoms in total. The number of nitrogens with one attached hydrogen (secondary N) is 1. The minimum Gasteiger partial charge on any atom is -0.505 e. The third-order valence-electron chi connectivity index (χ3n) is 5.29. The number of benzene rings is 1. The number of carbonyl (C=O) groups excluding carboxylic acids is 1. The van der Waals surface area contributed by atoms with Crippen molar-refractivity contribution in [3.63, 3.8) is 0 Å². The smallest absolute Gasteiger partial charge is 0.419 e. The Morgan fingerprint density at radius 3 is 2.61 bits per heavy atom. The van der Waals surface area contributed by atoms with Crippen molar-refractivity contribution in [3.05, 3.63) is 36.0 Å². The van der Waals surface area contributed by atoms with Gasteiger partial charge in [0.15, 0.2) is 17.1 Å². The van der Waals surface area contributed by atoms with Gasteiger partial charge >= 0.3 is 6.18 Å². The number of phenolic OH excluding ortho intramolecular Hbond substituents is 1. The molecule has 2 aromatic rings. The first kappa shape index (κ1) is 24.8. The van der Waals surface area contributed by atoms with Crippen molar-refractivity contribution < 1.29 is 41.3 Å². The van der Waals surface area contributed by atoms with Crippen LogP contribution in [0.2, 0.25) is 0 Å². The topological polar surface area (TPSA) is 110 Å². The van der Waals surface area contributed by atoms with Gasteiger partial charge in [0.1, 0.15) is 11.1 Å². The van der Waals surface area contributed by atoms with Crippen molar-refractivity contribution in [2.45, 2.75) is 29.3 Å². The van der Waals surface area contributed by atoms with E-state index < -0.39 is 65.5 Å². The van der Waals surface area contributed by atoms with E-state index in [9.17, 15) is 31.9 Å². The third-order valence-corrected chi connectivity index (χ3v) is 5.76. The van der Waals surface area contributed by atoms with Gasteiger partial charge in [-0.25, -0.2) is 4.98 Å².